The zero-order chi connectivity index (χ0) is 13.2. The number of benzene rings is 2. The van der Waals surface area contributed by atoms with Crippen molar-refractivity contribution < 1.29 is 0 Å². The number of hydrogen-bond donors (Lipinski definition) is 1. The maximum atomic E-state index is 6.00. The number of rotatable bonds is 2. The third-order valence-electron chi connectivity index (χ3n) is 3.08. The van der Waals surface area contributed by atoms with Crippen LogP contribution in [0, 0.1) is 6.92 Å². The van der Waals surface area contributed by atoms with E-state index in [1.165, 1.54) is 5.56 Å². The number of nitrogens with zero attached hydrogens (tertiary/aromatic N) is 1. The van der Waals surface area contributed by atoms with Crippen LogP contribution in [0.4, 0.5) is 11.4 Å². The van der Waals surface area contributed by atoms with Gasteiger partial charge in [-0.15, -0.1) is 0 Å². The molecule has 0 aliphatic heterocycles. The van der Waals surface area contributed by atoms with Crippen molar-refractivity contribution in [1.29, 1.82) is 0 Å². The van der Waals surface area contributed by atoms with Gasteiger partial charge in [-0.1, -0.05) is 35.9 Å². The lowest BCUT2D eigenvalue weighted by molar-refractivity contribution is 1.36. The summed E-state index contributed by atoms with van der Waals surface area (Å²) in [5.41, 5.74) is 4.21. The minimum atomic E-state index is 0.722. The first kappa shape index (κ1) is 12.0. The molecule has 0 fully saturated rings. The van der Waals surface area contributed by atoms with Crippen molar-refractivity contribution in [3.8, 4) is 0 Å². The molecule has 2 nitrogen and oxygen atoms in total. The van der Waals surface area contributed by atoms with E-state index in [1.807, 2.05) is 42.6 Å². The van der Waals surface area contributed by atoms with Gasteiger partial charge < -0.3 is 5.32 Å². The van der Waals surface area contributed by atoms with Gasteiger partial charge in [0.1, 0.15) is 0 Å². The molecule has 0 spiro atoms. The number of fused-ring (bicyclic) bond motifs is 1. The van der Waals surface area contributed by atoms with Gasteiger partial charge in [-0.25, -0.2) is 0 Å². The molecule has 1 heterocycles. The average Bonchev–Trinajstić information content (AvgIpc) is 2.40. The highest BCUT2D eigenvalue weighted by molar-refractivity contribution is 6.30. The average molecular weight is 269 g/mol. The molecule has 0 aliphatic carbocycles. The van der Waals surface area contributed by atoms with Crippen LogP contribution in [0.2, 0.25) is 5.02 Å². The number of pyridine rings is 1. The molecule has 3 rings (SSSR count). The van der Waals surface area contributed by atoms with E-state index in [2.05, 4.69) is 29.4 Å². The second-order valence-electron chi connectivity index (χ2n) is 4.46. The molecular formula is C16H13ClN2. The van der Waals surface area contributed by atoms with Crippen LogP contribution < -0.4 is 5.32 Å². The highest BCUT2D eigenvalue weighted by atomic mass is 35.5. The number of para-hydroxylation sites is 1. The minimum Gasteiger partial charge on any atom is -0.355 e. The molecule has 0 atom stereocenters. The first-order valence-corrected chi connectivity index (χ1v) is 6.49. The maximum absolute atomic E-state index is 6.00. The topological polar surface area (TPSA) is 24.9 Å². The fraction of sp³-hybridized carbons (Fsp3) is 0.0625. The quantitative estimate of drug-likeness (QED) is 0.712. The Kier molecular flexibility index (Phi) is 3.10. The number of halogens is 1. The van der Waals surface area contributed by atoms with Crippen molar-refractivity contribution >= 4 is 33.9 Å². The lowest BCUT2D eigenvalue weighted by Gasteiger charge is -2.10. The van der Waals surface area contributed by atoms with E-state index in [0.29, 0.717) is 0 Å². The number of aromatic nitrogens is 1. The monoisotopic (exact) mass is 268 g/mol. The molecule has 19 heavy (non-hydrogen) atoms. The first-order chi connectivity index (χ1) is 9.24. The van der Waals surface area contributed by atoms with Crippen LogP contribution in [0.3, 0.4) is 0 Å². The summed E-state index contributed by atoms with van der Waals surface area (Å²) in [7, 11) is 0. The molecule has 0 unspecified atom stereocenters. The van der Waals surface area contributed by atoms with Gasteiger partial charge in [0.05, 0.1) is 5.52 Å². The second-order valence-corrected chi connectivity index (χ2v) is 4.90. The summed E-state index contributed by atoms with van der Waals surface area (Å²) in [5.74, 6) is 0. The van der Waals surface area contributed by atoms with E-state index >= 15 is 0 Å². The Bertz CT molecular complexity index is 738. The van der Waals surface area contributed by atoms with Gasteiger partial charge in [0.2, 0.25) is 0 Å². The van der Waals surface area contributed by atoms with E-state index in [4.69, 9.17) is 11.6 Å². The summed E-state index contributed by atoms with van der Waals surface area (Å²) >= 11 is 6.00. The highest BCUT2D eigenvalue weighted by Gasteiger charge is 2.04. The predicted octanol–water partition coefficient (Wildman–Crippen LogP) is 4.94. The van der Waals surface area contributed by atoms with Crippen molar-refractivity contribution in [3.63, 3.8) is 0 Å². The lowest BCUT2D eigenvalue weighted by Crippen LogP contribution is -1.93. The Morgan fingerprint density at radius 3 is 2.74 bits per heavy atom. The van der Waals surface area contributed by atoms with Crippen molar-refractivity contribution in [3.05, 3.63) is 65.3 Å². The van der Waals surface area contributed by atoms with Crippen LogP contribution in [-0.4, -0.2) is 4.98 Å². The van der Waals surface area contributed by atoms with Crippen LogP contribution in [0.25, 0.3) is 10.9 Å². The van der Waals surface area contributed by atoms with E-state index in [1.54, 1.807) is 0 Å². The van der Waals surface area contributed by atoms with Gasteiger partial charge in [-0.2, -0.15) is 0 Å². The summed E-state index contributed by atoms with van der Waals surface area (Å²) in [5, 5.41) is 5.23. The van der Waals surface area contributed by atoms with Crippen LogP contribution in [0.15, 0.2) is 54.7 Å². The van der Waals surface area contributed by atoms with Crippen LogP contribution in [-0.2, 0) is 0 Å². The Hall–Kier alpha value is -2.06. The summed E-state index contributed by atoms with van der Waals surface area (Å²) in [6, 6.07) is 15.9. The fourth-order valence-corrected chi connectivity index (χ4v) is 2.34. The molecule has 3 heteroatoms. The Labute approximate surface area is 117 Å². The van der Waals surface area contributed by atoms with E-state index in [0.717, 1.165) is 27.3 Å². The number of aryl methyl sites for hydroxylation is 1. The highest BCUT2D eigenvalue weighted by Crippen LogP contribution is 2.27. The van der Waals surface area contributed by atoms with Gasteiger partial charge in [-0.3, -0.25) is 4.98 Å². The molecule has 0 bridgehead atoms. The molecule has 3 aromatic rings. The second kappa shape index (κ2) is 4.90. The predicted molar refractivity (Wildman–Crippen MR) is 81.2 cm³/mol. The third kappa shape index (κ3) is 2.40. The Balaban J connectivity index is 2.08. The number of hydrogen-bond acceptors (Lipinski definition) is 2. The summed E-state index contributed by atoms with van der Waals surface area (Å²) in [6.07, 6.45) is 1.82. The van der Waals surface area contributed by atoms with E-state index in [-0.39, 0.29) is 0 Å². The normalized spacial score (nSPS) is 10.6. The lowest BCUT2D eigenvalue weighted by atomic mass is 10.1. The van der Waals surface area contributed by atoms with Gasteiger partial charge >= 0.3 is 0 Å². The minimum absolute atomic E-state index is 0.722. The zero-order valence-corrected chi connectivity index (χ0v) is 11.3. The fourth-order valence-electron chi connectivity index (χ4n) is 2.15. The Morgan fingerprint density at radius 2 is 1.89 bits per heavy atom. The summed E-state index contributed by atoms with van der Waals surface area (Å²) in [6.45, 7) is 2.07. The molecular weight excluding hydrogens is 256 g/mol. The molecule has 0 radical (unpaired) electrons. The molecule has 1 aromatic heterocycles. The number of anilines is 2. The van der Waals surface area contributed by atoms with Crippen LogP contribution in [0.5, 0.6) is 0 Å². The SMILES string of the molecule is Cc1cccc2c(Nc3cccc(Cl)c3)ccnc12. The van der Waals surface area contributed by atoms with Crippen LogP contribution >= 0.6 is 11.6 Å². The summed E-state index contributed by atoms with van der Waals surface area (Å²) < 4.78 is 0. The molecule has 94 valence electrons. The van der Waals surface area contributed by atoms with Gasteiger partial charge in [-0.05, 0) is 36.8 Å². The Morgan fingerprint density at radius 1 is 1.05 bits per heavy atom. The molecule has 1 N–H and O–H groups in total. The smallest absolute Gasteiger partial charge is 0.0751 e. The third-order valence-corrected chi connectivity index (χ3v) is 3.31. The standard InChI is InChI=1S/C16H13ClN2/c1-11-4-2-7-14-15(8-9-18-16(11)14)19-13-6-3-5-12(17)10-13/h2-10H,1H3,(H,18,19). The van der Waals surface area contributed by atoms with Gasteiger partial charge in [0, 0.05) is 28.0 Å². The summed E-state index contributed by atoms with van der Waals surface area (Å²) in [4.78, 5) is 4.43. The van der Waals surface area contributed by atoms with Crippen molar-refractivity contribution in [2.75, 3.05) is 5.32 Å². The maximum Gasteiger partial charge on any atom is 0.0751 e. The van der Waals surface area contributed by atoms with Gasteiger partial charge in [0.15, 0.2) is 0 Å². The molecule has 0 saturated heterocycles. The van der Waals surface area contributed by atoms with E-state index < -0.39 is 0 Å². The van der Waals surface area contributed by atoms with Crippen molar-refractivity contribution in [2.24, 2.45) is 0 Å². The number of nitrogens with one attached hydrogen (secondary N) is 1. The van der Waals surface area contributed by atoms with Gasteiger partial charge in [0.25, 0.3) is 0 Å². The molecule has 2 aromatic carbocycles. The largest absolute Gasteiger partial charge is 0.355 e. The van der Waals surface area contributed by atoms with Crippen molar-refractivity contribution in [1.82, 2.24) is 4.98 Å². The van der Waals surface area contributed by atoms with Crippen molar-refractivity contribution in [2.45, 2.75) is 6.92 Å². The first-order valence-electron chi connectivity index (χ1n) is 6.11. The molecule has 0 saturated carbocycles. The molecule has 0 amide bonds. The van der Waals surface area contributed by atoms with E-state index in [9.17, 15) is 0 Å². The molecule has 0 aliphatic rings. The zero-order valence-electron chi connectivity index (χ0n) is 10.5. The van der Waals surface area contributed by atoms with Crippen LogP contribution in [0.1, 0.15) is 5.56 Å².